The van der Waals surface area contributed by atoms with Crippen molar-refractivity contribution in [2.45, 2.75) is 20.4 Å². The molecule has 19 heavy (non-hydrogen) atoms. The number of rotatable bonds is 6. The molecule has 0 saturated carbocycles. The topological polar surface area (TPSA) is 39.1 Å². The van der Waals surface area contributed by atoms with Crippen molar-refractivity contribution in [3.8, 4) is 5.69 Å². The largest absolute Gasteiger partial charge is 0.383 e. The van der Waals surface area contributed by atoms with Gasteiger partial charge >= 0.3 is 0 Å². The number of ether oxygens (including phenoxy) is 1. The highest BCUT2D eigenvalue weighted by Gasteiger charge is 2.02. The van der Waals surface area contributed by atoms with Crippen LogP contribution in [0.3, 0.4) is 0 Å². The second-order valence-electron chi connectivity index (χ2n) is 4.69. The van der Waals surface area contributed by atoms with Gasteiger partial charge in [0.05, 0.1) is 18.0 Å². The molecule has 1 aromatic carbocycles. The van der Waals surface area contributed by atoms with E-state index in [0.29, 0.717) is 0 Å². The van der Waals surface area contributed by atoms with Gasteiger partial charge in [0.1, 0.15) is 0 Å². The van der Waals surface area contributed by atoms with Crippen LogP contribution in [0.4, 0.5) is 0 Å². The Morgan fingerprint density at radius 1 is 1.21 bits per heavy atom. The minimum atomic E-state index is 0.720. The summed E-state index contributed by atoms with van der Waals surface area (Å²) in [6.45, 7) is 6.56. The maximum Gasteiger partial charge on any atom is 0.0766 e. The molecule has 0 unspecified atom stereocenters. The van der Waals surface area contributed by atoms with Crippen LogP contribution in [-0.4, -0.2) is 30.0 Å². The Bertz CT molecular complexity index is 534. The Kier molecular flexibility index (Phi) is 4.71. The molecule has 102 valence electrons. The molecule has 1 aromatic heterocycles. The number of hydrogen-bond acceptors (Lipinski definition) is 3. The van der Waals surface area contributed by atoms with Crippen molar-refractivity contribution >= 4 is 0 Å². The minimum Gasteiger partial charge on any atom is -0.383 e. The standard InChI is InChI=1S/C15H21N3O/c1-12-4-5-15(10-13(12)2)18-8-6-14(17-18)11-16-7-9-19-3/h4-6,8,10,16H,7,9,11H2,1-3H3. The summed E-state index contributed by atoms with van der Waals surface area (Å²) < 4.78 is 6.91. The van der Waals surface area contributed by atoms with E-state index < -0.39 is 0 Å². The van der Waals surface area contributed by atoms with Crippen molar-refractivity contribution in [1.82, 2.24) is 15.1 Å². The first kappa shape index (κ1) is 13.8. The highest BCUT2D eigenvalue weighted by atomic mass is 16.5. The zero-order valence-electron chi connectivity index (χ0n) is 11.8. The second-order valence-corrected chi connectivity index (χ2v) is 4.69. The zero-order valence-corrected chi connectivity index (χ0v) is 11.8. The quantitative estimate of drug-likeness (QED) is 0.809. The average Bonchev–Trinajstić information content (AvgIpc) is 2.87. The van der Waals surface area contributed by atoms with Crippen molar-refractivity contribution in [2.75, 3.05) is 20.3 Å². The van der Waals surface area contributed by atoms with Crippen molar-refractivity contribution < 1.29 is 4.74 Å². The van der Waals surface area contributed by atoms with Gasteiger partial charge in [0, 0.05) is 26.4 Å². The molecule has 0 radical (unpaired) electrons. The predicted octanol–water partition coefficient (Wildman–Crippen LogP) is 2.23. The number of nitrogens with zero attached hydrogens (tertiary/aromatic N) is 2. The van der Waals surface area contributed by atoms with Gasteiger partial charge in [-0.1, -0.05) is 6.07 Å². The number of aromatic nitrogens is 2. The zero-order chi connectivity index (χ0) is 13.7. The van der Waals surface area contributed by atoms with Gasteiger partial charge in [-0.25, -0.2) is 4.68 Å². The van der Waals surface area contributed by atoms with Crippen LogP contribution in [-0.2, 0) is 11.3 Å². The van der Waals surface area contributed by atoms with Crippen molar-refractivity contribution in [3.63, 3.8) is 0 Å². The molecule has 0 aliphatic heterocycles. The first-order valence-electron chi connectivity index (χ1n) is 6.52. The SMILES string of the molecule is COCCNCc1ccn(-c2ccc(C)c(C)c2)n1. The van der Waals surface area contributed by atoms with Gasteiger partial charge in [0.15, 0.2) is 0 Å². The molecule has 2 aromatic rings. The molecule has 0 saturated heterocycles. The normalized spacial score (nSPS) is 10.9. The van der Waals surface area contributed by atoms with Crippen LogP contribution in [0.1, 0.15) is 16.8 Å². The Labute approximate surface area is 114 Å². The van der Waals surface area contributed by atoms with E-state index >= 15 is 0 Å². The number of benzene rings is 1. The molecule has 0 spiro atoms. The van der Waals surface area contributed by atoms with Crippen LogP contribution >= 0.6 is 0 Å². The summed E-state index contributed by atoms with van der Waals surface area (Å²) in [6, 6.07) is 8.42. The summed E-state index contributed by atoms with van der Waals surface area (Å²) in [4.78, 5) is 0. The van der Waals surface area contributed by atoms with Crippen LogP contribution in [0.15, 0.2) is 30.5 Å². The Balaban J connectivity index is 2.01. The summed E-state index contributed by atoms with van der Waals surface area (Å²) in [7, 11) is 1.70. The van der Waals surface area contributed by atoms with E-state index in [1.165, 1.54) is 11.1 Å². The molecule has 0 fully saturated rings. The van der Waals surface area contributed by atoms with Gasteiger partial charge in [-0.15, -0.1) is 0 Å². The van der Waals surface area contributed by atoms with Gasteiger partial charge in [0.25, 0.3) is 0 Å². The lowest BCUT2D eigenvalue weighted by atomic mass is 10.1. The third-order valence-corrected chi connectivity index (χ3v) is 3.19. The van der Waals surface area contributed by atoms with Gasteiger partial charge in [-0.05, 0) is 43.2 Å². The fourth-order valence-electron chi connectivity index (χ4n) is 1.86. The third kappa shape index (κ3) is 3.66. The fourth-order valence-corrected chi connectivity index (χ4v) is 1.86. The first-order valence-corrected chi connectivity index (χ1v) is 6.52. The van der Waals surface area contributed by atoms with E-state index in [1.54, 1.807) is 7.11 Å². The van der Waals surface area contributed by atoms with Crippen molar-refractivity contribution in [1.29, 1.82) is 0 Å². The highest BCUT2D eigenvalue weighted by Crippen LogP contribution is 2.13. The van der Waals surface area contributed by atoms with Gasteiger partial charge in [-0.2, -0.15) is 5.10 Å². The van der Waals surface area contributed by atoms with Crippen molar-refractivity contribution in [3.05, 3.63) is 47.3 Å². The molecule has 0 aliphatic carbocycles. The lowest BCUT2D eigenvalue weighted by Gasteiger charge is -2.05. The molecule has 1 heterocycles. The van der Waals surface area contributed by atoms with E-state index in [1.807, 2.05) is 16.9 Å². The average molecular weight is 259 g/mol. The van der Waals surface area contributed by atoms with Crippen LogP contribution in [0.25, 0.3) is 5.69 Å². The summed E-state index contributed by atoms with van der Waals surface area (Å²) in [5.41, 5.74) is 4.73. The maximum atomic E-state index is 4.99. The summed E-state index contributed by atoms with van der Waals surface area (Å²) >= 11 is 0. The van der Waals surface area contributed by atoms with E-state index in [4.69, 9.17) is 4.74 Å². The molecular weight excluding hydrogens is 238 g/mol. The van der Waals surface area contributed by atoms with E-state index in [2.05, 4.69) is 42.5 Å². The number of hydrogen-bond donors (Lipinski definition) is 1. The highest BCUT2D eigenvalue weighted by molar-refractivity contribution is 5.39. The van der Waals surface area contributed by atoms with Gasteiger partial charge < -0.3 is 10.1 Å². The van der Waals surface area contributed by atoms with Crippen LogP contribution in [0, 0.1) is 13.8 Å². The van der Waals surface area contributed by atoms with Gasteiger partial charge in [-0.3, -0.25) is 0 Å². The number of methoxy groups -OCH3 is 1. The molecule has 0 atom stereocenters. The second kappa shape index (κ2) is 6.50. The number of aryl methyl sites for hydroxylation is 2. The Morgan fingerprint density at radius 3 is 2.79 bits per heavy atom. The summed E-state index contributed by atoms with van der Waals surface area (Å²) in [5, 5.41) is 7.85. The molecule has 0 amide bonds. The maximum absolute atomic E-state index is 4.99. The van der Waals surface area contributed by atoms with Crippen molar-refractivity contribution in [2.24, 2.45) is 0 Å². The Hall–Kier alpha value is -1.65. The smallest absolute Gasteiger partial charge is 0.0766 e. The van der Waals surface area contributed by atoms with E-state index in [0.717, 1.165) is 31.1 Å². The van der Waals surface area contributed by atoms with Crippen LogP contribution in [0.2, 0.25) is 0 Å². The minimum absolute atomic E-state index is 0.720. The first-order chi connectivity index (χ1) is 9.20. The van der Waals surface area contributed by atoms with Crippen LogP contribution in [0.5, 0.6) is 0 Å². The molecule has 1 N–H and O–H groups in total. The molecule has 4 heteroatoms. The molecule has 0 aliphatic rings. The third-order valence-electron chi connectivity index (χ3n) is 3.19. The lowest BCUT2D eigenvalue weighted by Crippen LogP contribution is -2.18. The van der Waals surface area contributed by atoms with Crippen LogP contribution < -0.4 is 5.32 Å². The molecule has 0 bridgehead atoms. The molecule has 2 rings (SSSR count). The monoisotopic (exact) mass is 259 g/mol. The lowest BCUT2D eigenvalue weighted by molar-refractivity contribution is 0.199. The molecule has 4 nitrogen and oxygen atoms in total. The summed E-state index contributed by atoms with van der Waals surface area (Å²) in [5.74, 6) is 0. The van der Waals surface area contributed by atoms with E-state index in [-0.39, 0.29) is 0 Å². The van der Waals surface area contributed by atoms with E-state index in [9.17, 15) is 0 Å². The fraction of sp³-hybridized carbons (Fsp3) is 0.400. The predicted molar refractivity (Wildman–Crippen MR) is 76.6 cm³/mol. The number of nitrogens with one attached hydrogen (secondary N) is 1. The summed E-state index contributed by atoms with van der Waals surface area (Å²) in [6.07, 6.45) is 2.00. The molecular formula is C15H21N3O. The van der Waals surface area contributed by atoms with Gasteiger partial charge in [0.2, 0.25) is 0 Å². The Morgan fingerprint density at radius 2 is 2.05 bits per heavy atom.